The van der Waals surface area contributed by atoms with E-state index in [-0.39, 0.29) is 12.6 Å². The Balaban J connectivity index is 2.01. The predicted molar refractivity (Wildman–Crippen MR) is 77.0 cm³/mol. The summed E-state index contributed by atoms with van der Waals surface area (Å²) in [5.41, 5.74) is 0.0721. The highest BCUT2D eigenvalue weighted by Gasteiger charge is 2.45. The molecular weight excluding hydrogens is 278 g/mol. The molecule has 1 aromatic rings. The molecule has 1 aromatic heterocycles. The van der Waals surface area contributed by atoms with E-state index >= 15 is 0 Å². The van der Waals surface area contributed by atoms with E-state index in [0.29, 0.717) is 24.5 Å². The maximum Gasteiger partial charge on any atom is 0.323 e. The van der Waals surface area contributed by atoms with Gasteiger partial charge < -0.3 is 10.0 Å². The van der Waals surface area contributed by atoms with Gasteiger partial charge in [0.2, 0.25) is 0 Å². The molecule has 0 spiro atoms. The van der Waals surface area contributed by atoms with E-state index in [1.807, 2.05) is 19.2 Å². The molecule has 6 nitrogen and oxygen atoms in total. The Hall–Kier alpha value is -1.63. The third-order valence-corrected chi connectivity index (χ3v) is 4.53. The maximum atomic E-state index is 12.1. The van der Waals surface area contributed by atoms with Gasteiger partial charge in [-0.25, -0.2) is 9.78 Å². The van der Waals surface area contributed by atoms with E-state index in [0.717, 1.165) is 12.1 Å². The molecule has 1 saturated heterocycles. The van der Waals surface area contributed by atoms with E-state index in [1.165, 1.54) is 11.3 Å². The molecule has 1 fully saturated rings. The van der Waals surface area contributed by atoms with Gasteiger partial charge in [-0.1, -0.05) is 13.3 Å². The fourth-order valence-electron chi connectivity index (χ4n) is 2.59. The van der Waals surface area contributed by atoms with Crippen LogP contribution < -0.4 is 5.32 Å². The molecular formula is C13H19N3O3S. The second-order valence-electron chi connectivity index (χ2n) is 5.23. The average Bonchev–Trinajstić information content (AvgIpc) is 2.98. The van der Waals surface area contributed by atoms with Gasteiger partial charge in [0.1, 0.15) is 0 Å². The van der Waals surface area contributed by atoms with E-state index in [4.69, 9.17) is 0 Å². The van der Waals surface area contributed by atoms with Gasteiger partial charge in [0.05, 0.1) is 11.1 Å². The van der Waals surface area contributed by atoms with Crippen LogP contribution in [0.2, 0.25) is 0 Å². The molecule has 1 aliphatic rings. The summed E-state index contributed by atoms with van der Waals surface area (Å²) < 4.78 is 0. The Labute approximate surface area is 121 Å². The molecule has 1 unspecified atom stereocenters. The topological polar surface area (TPSA) is 82.5 Å². The molecule has 0 saturated carbocycles. The van der Waals surface area contributed by atoms with Crippen LogP contribution in [0, 0.1) is 12.3 Å². The molecule has 2 N–H and O–H groups in total. The summed E-state index contributed by atoms with van der Waals surface area (Å²) in [6, 6.07) is -0.265. The lowest BCUT2D eigenvalue weighted by molar-refractivity contribution is -0.148. The first-order valence-corrected chi connectivity index (χ1v) is 7.56. The lowest BCUT2D eigenvalue weighted by Crippen LogP contribution is -2.38. The van der Waals surface area contributed by atoms with E-state index in [2.05, 4.69) is 10.3 Å². The number of urea groups is 1. The maximum absolute atomic E-state index is 12.1. The molecule has 1 aliphatic heterocycles. The summed E-state index contributed by atoms with van der Waals surface area (Å²) in [5.74, 6) is -0.806. The molecule has 110 valence electrons. The third kappa shape index (κ3) is 2.92. The van der Waals surface area contributed by atoms with Crippen LogP contribution >= 0.6 is 11.3 Å². The smallest absolute Gasteiger partial charge is 0.323 e. The molecule has 20 heavy (non-hydrogen) atoms. The number of hydrogen-bond donors (Lipinski definition) is 2. The molecule has 2 rings (SSSR count). The zero-order valence-electron chi connectivity index (χ0n) is 11.7. The number of nitrogens with one attached hydrogen (secondary N) is 1. The Morgan fingerprint density at radius 2 is 2.35 bits per heavy atom. The Morgan fingerprint density at radius 1 is 1.60 bits per heavy atom. The standard InChI is InChI=1S/C13H19N3O3S/c1-3-4-13(10(17)18)5-6-16(8-13)12(19)15-11-14-9(2)7-20-11/h7H,3-6,8H2,1-2H3,(H,17,18)(H,14,15,19). The normalized spacial score (nSPS) is 22.0. The van der Waals surface area contributed by atoms with Gasteiger partial charge in [-0.2, -0.15) is 0 Å². The van der Waals surface area contributed by atoms with Crippen molar-refractivity contribution in [1.29, 1.82) is 0 Å². The van der Waals surface area contributed by atoms with Gasteiger partial charge in [0.25, 0.3) is 0 Å². The average molecular weight is 297 g/mol. The van der Waals surface area contributed by atoms with Crippen molar-refractivity contribution < 1.29 is 14.7 Å². The van der Waals surface area contributed by atoms with Crippen molar-refractivity contribution in [2.75, 3.05) is 18.4 Å². The first-order chi connectivity index (χ1) is 9.47. The second kappa shape index (κ2) is 5.78. The first kappa shape index (κ1) is 14.8. The van der Waals surface area contributed by atoms with Crippen LogP contribution in [0.4, 0.5) is 9.93 Å². The fourth-order valence-corrected chi connectivity index (χ4v) is 3.27. The summed E-state index contributed by atoms with van der Waals surface area (Å²) in [6.45, 7) is 4.57. The second-order valence-corrected chi connectivity index (χ2v) is 6.09. The van der Waals surface area contributed by atoms with Crippen molar-refractivity contribution in [2.45, 2.75) is 33.1 Å². The Bertz CT molecular complexity index is 517. The van der Waals surface area contributed by atoms with Crippen molar-refractivity contribution in [1.82, 2.24) is 9.88 Å². The molecule has 0 radical (unpaired) electrons. The van der Waals surface area contributed by atoms with Gasteiger partial charge >= 0.3 is 12.0 Å². The highest BCUT2D eigenvalue weighted by atomic mass is 32.1. The van der Waals surface area contributed by atoms with Gasteiger partial charge in [0.15, 0.2) is 5.13 Å². The van der Waals surface area contributed by atoms with E-state index < -0.39 is 11.4 Å². The summed E-state index contributed by atoms with van der Waals surface area (Å²) >= 11 is 1.37. The number of thiazole rings is 1. The molecule has 1 atom stereocenters. The number of aliphatic carboxylic acids is 1. The fraction of sp³-hybridized carbons (Fsp3) is 0.615. The zero-order chi connectivity index (χ0) is 14.8. The summed E-state index contributed by atoms with van der Waals surface area (Å²) in [7, 11) is 0. The van der Waals surface area contributed by atoms with Gasteiger partial charge in [0, 0.05) is 18.5 Å². The largest absolute Gasteiger partial charge is 0.481 e. The van der Waals surface area contributed by atoms with Crippen LogP contribution in [0.1, 0.15) is 31.9 Å². The van der Waals surface area contributed by atoms with Crippen LogP contribution in [-0.4, -0.2) is 40.1 Å². The first-order valence-electron chi connectivity index (χ1n) is 6.68. The minimum atomic E-state index is -0.806. The van der Waals surface area contributed by atoms with Crippen molar-refractivity contribution in [2.24, 2.45) is 5.41 Å². The van der Waals surface area contributed by atoms with Crippen molar-refractivity contribution >= 4 is 28.5 Å². The van der Waals surface area contributed by atoms with Crippen molar-refractivity contribution in [3.05, 3.63) is 11.1 Å². The number of aromatic nitrogens is 1. The van der Waals surface area contributed by atoms with Gasteiger partial charge in [-0.05, 0) is 19.8 Å². The number of anilines is 1. The van der Waals surface area contributed by atoms with Crippen LogP contribution in [0.25, 0.3) is 0 Å². The monoisotopic (exact) mass is 297 g/mol. The number of carbonyl (C=O) groups is 2. The Morgan fingerprint density at radius 3 is 2.90 bits per heavy atom. The number of nitrogens with zero attached hydrogens (tertiary/aromatic N) is 2. The molecule has 2 amide bonds. The lowest BCUT2D eigenvalue weighted by atomic mass is 9.83. The summed E-state index contributed by atoms with van der Waals surface area (Å²) in [5, 5.41) is 14.6. The number of hydrogen-bond acceptors (Lipinski definition) is 4. The number of carboxylic acid groups (broad SMARTS) is 1. The van der Waals surface area contributed by atoms with E-state index in [1.54, 1.807) is 4.90 Å². The third-order valence-electron chi connectivity index (χ3n) is 3.66. The number of likely N-dealkylation sites (tertiary alicyclic amines) is 1. The van der Waals surface area contributed by atoms with E-state index in [9.17, 15) is 14.7 Å². The quantitative estimate of drug-likeness (QED) is 0.894. The minimum absolute atomic E-state index is 0.265. The number of carboxylic acids is 1. The lowest BCUT2D eigenvalue weighted by Gasteiger charge is -2.24. The van der Waals surface area contributed by atoms with Crippen molar-refractivity contribution in [3.8, 4) is 0 Å². The summed E-state index contributed by atoms with van der Waals surface area (Å²) in [6.07, 6.45) is 1.91. The molecule has 0 aliphatic carbocycles. The van der Waals surface area contributed by atoms with Gasteiger partial charge in [-0.15, -0.1) is 11.3 Å². The van der Waals surface area contributed by atoms with Crippen LogP contribution in [-0.2, 0) is 4.79 Å². The van der Waals surface area contributed by atoms with Crippen LogP contribution in [0.5, 0.6) is 0 Å². The molecule has 0 bridgehead atoms. The SMILES string of the molecule is CCCC1(C(=O)O)CCN(C(=O)Nc2nc(C)cs2)C1. The van der Waals surface area contributed by atoms with Crippen LogP contribution in [0.15, 0.2) is 5.38 Å². The predicted octanol–water partition coefficient (Wildman–Crippen LogP) is 2.56. The summed E-state index contributed by atoms with van der Waals surface area (Å²) in [4.78, 5) is 29.3. The number of carbonyl (C=O) groups excluding carboxylic acids is 1. The molecule has 7 heteroatoms. The zero-order valence-corrected chi connectivity index (χ0v) is 12.5. The molecule has 2 heterocycles. The Kier molecular flexibility index (Phi) is 4.27. The highest BCUT2D eigenvalue weighted by molar-refractivity contribution is 7.13. The number of rotatable bonds is 4. The number of aryl methyl sites for hydroxylation is 1. The highest BCUT2D eigenvalue weighted by Crippen LogP contribution is 2.35. The molecule has 0 aromatic carbocycles. The van der Waals surface area contributed by atoms with Crippen LogP contribution in [0.3, 0.4) is 0 Å². The number of amides is 2. The van der Waals surface area contributed by atoms with Crippen molar-refractivity contribution in [3.63, 3.8) is 0 Å². The minimum Gasteiger partial charge on any atom is -0.481 e. The van der Waals surface area contributed by atoms with Gasteiger partial charge in [-0.3, -0.25) is 10.1 Å².